The van der Waals surface area contributed by atoms with Crippen molar-refractivity contribution in [1.29, 1.82) is 0 Å². The molecule has 0 aliphatic carbocycles. The van der Waals surface area contributed by atoms with Crippen molar-refractivity contribution >= 4 is 10.8 Å². The summed E-state index contributed by atoms with van der Waals surface area (Å²) in [7, 11) is 0. The number of nitrogens with one attached hydrogen (secondary N) is 1. The van der Waals surface area contributed by atoms with Gasteiger partial charge in [-0.1, -0.05) is 49.4 Å². The molecule has 1 aliphatic heterocycles. The predicted molar refractivity (Wildman–Crippen MR) is 85.9 cm³/mol. The van der Waals surface area contributed by atoms with E-state index in [2.05, 4.69) is 59.6 Å². The van der Waals surface area contributed by atoms with Crippen molar-refractivity contribution in [3.8, 4) is 0 Å². The van der Waals surface area contributed by atoms with E-state index >= 15 is 0 Å². The first kappa shape index (κ1) is 13.6. The van der Waals surface area contributed by atoms with Gasteiger partial charge < -0.3 is 5.32 Å². The second kappa shape index (κ2) is 6.38. The zero-order chi connectivity index (χ0) is 13.8. The molecule has 0 spiro atoms. The highest BCUT2D eigenvalue weighted by Gasteiger charge is 2.24. The Balaban J connectivity index is 1.78. The second-order valence-electron chi connectivity index (χ2n) is 5.71. The number of nitrogens with zero attached hydrogens (tertiary/aromatic N) is 1. The summed E-state index contributed by atoms with van der Waals surface area (Å²) in [6.45, 7) is 6.70. The average molecular weight is 268 g/mol. The molecule has 2 nitrogen and oxygen atoms in total. The van der Waals surface area contributed by atoms with E-state index in [4.69, 9.17) is 0 Å². The summed E-state index contributed by atoms with van der Waals surface area (Å²) < 4.78 is 0. The van der Waals surface area contributed by atoms with Crippen LogP contribution < -0.4 is 5.32 Å². The smallest absolute Gasteiger partial charge is 0.0243 e. The van der Waals surface area contributed by atoms with Gasteiger partial charge in [-0.25, -0.2) is 0 Å². The quantitative estimate of drug-likeness (QED) is 0.894. The molecule has 1 saturated heterocycles. The molecule has 0 bridgehead atoms. The van der Waals surface area contributed by atoms with E-state index in [1.54, 1.807) is 0 Å². The van der Waals surface area contributed by atoms with Gasteiger partial charge in [0.15, 0.2) is 0 Å². The van der Waals surface area contributed by atoms with E-state index in [0.29, 0.717) is 6.04 Å². The fourth-order valence-corrected chi connectivity index (χ4v) is 3.29. The highest BCUT2D eigenvalue weighted by molar-refractivity contribution is 5.85. The maximum absolute atomic E-state index is 3.50. The van der Waals surface area contributed by atoms with Crippen LogP contribution in [0.25, 0.3) is 10.8 Å². The van der Waals surface area contributed by atoms with E-state index in [0.717, 1.165) is 19.6 Å². The standard InChI is InChI=1S/C18H24N2/c1-2-19-13-17-10-6-12-20(17)14-16-9-5-8-15-7-3-4-11-18(15)16/h3-5,7-9,11,17,19H,2,6,10,12-14H2,1H3. The molecule has 0 radical (unpaired) electrons. The van der Waals surface area contributed by atoms with Crippen LogP contribution in [0.3, 0.4) is 0 Å². The minimum atomic E-state index is 0.703. The lowest BCUT2D eigenvalue weighted by Crippen LogP contribution is -2.37. The van der Waals surface area contributed by atoms with Crippen LogP contribution >= 0.6 is 0 Å². The largest absolute Gasteiger partial charge is 0.315 e. The van der Waals surface area contributed by atoms with Crippen LogP contribution in [0.4, 0.5) is 0 Å². The molecule has 0 amide bonds. The monoisotopic (exact) mass is 268 g/mol. The summed E-state index contributed by atoms with van der Waals surface area (Å²) in [6.07, 6.45) is 2.67. The molecule has 3 rings (SSSR count). The highest BCUT2D eigenvalue weighted by atomic mass is 15.2. The summed E-state index contributed by atoms with van der Waals surface area (Å²) in [5, 5.41) is 6.26. The molecule has 0 saturated carbocycles. The Morgan fingerprint density at radius 2 is 2.00 bits per heavy atom. The molecule has 1 fully saturated rings. The minimum absolute atomic E-state index is 0.703. The molecule has 106 valence electrons. The van der Waals surface area contributed by atoms with Crippen LogP contribution in [0, 0.1) is 0 Å². The van der Waals surface area contributed by atoms with Crippen LogP contribution in [-0.4, -0.2) is 30.6 Å². The highest BCUT2D eigenvalue weighted by Crippen LogP contribution is 2.24. The summed E-state index contributed by atoms with van der Waals surface area (Å²) >= 11 is 0. The van der Waals surface area contributed by atoms with Gasteiger partial charge in [0.2, 0.25) is 0 Å². The first-order chi connectivity index (χ1) is 9.88. The SMILES string of the molecule is CCNCC1CCCN1Cc1cccc2ccccc12. The van der Waals surface area contributed by atoms with E-state index in [-0.39, 0.29) is 0 Å². The van der Waals surface area contributed by atoms with Crippen LogP contribution in [0.1, 0.15) is 25.3 Å². The molecule has 1 atom stereocenters. The maximum Gasteiger partial charge on any atom is 0.0243 e. The number of fused-ring (bicyclic) bond motifs is 1. The Labute approximate surface area is 121 Å². The lowest BCUT2D eigenvalue weighted by molar-refractivity contribution is 0.241. The lowest BCUT2D eigenvalue weighted by atomic mass is 10.0. The normalized spacial score (nSPS) is 19.8. The number of benzene rings is 2. The van der Waals surface area contributed by atoms with Gasteiger partial charge in [-0.2, -0.15) is 0 Å². The maximum atomic E-state index is 3.50. The Morgan fingerprint density at radius 1 is 1.15 bits per heavy atom. The van der Waals surface area contributed by atoms with Gasteiger partial charge in [0.05, 0.1) is 0 Å². The van der Waals surface area contributed by atoms with Crippen molar-refractivity contribution in [1.82, 2.24) is 10.2 Å². The first-order valence-electron chi connectivity index (χ1n) is 7.80. The molecule has 20 heavy (non-hydrogen) atoms. The number of hydrogen-bond acceptors (Lipinski definition) is 2. The molecule has 1 aliphatic rings. The van der Waals surface area contributed by atoms with Gasteiger partial charge in [-0.05, 0) is 42.3 Å². The molecule has 1 unspecified atom stereocenters. The van der Waals surface area contributed by atoms with Crippen molar-refractivity contribution in [2.45, 2.75) is 32.4 Å². The van der Waals surface area contributed by atoms with Crippen LogP contribution in [0.15, 0.2) is 42.5 Å². The van der Waals surface area contributed by atoms with Crippen molar-refractivity contribution < 1.29 is 0 Å². The third-order valence-electron chi connectivity index (χ3n) is 4.38. The molecule has 0 aromatic heterocycles. The Hall–Kier alpha value is -1.38. The molecular weight excluding hydrogens is 244 g/mol. The van der Waals surface area contributed by atoms with Gasteiger partial charge in [0, 0.05) is 19.1 Å². The summed E-state index contributed by atoms with van der Waals surface area (Å²) in [4.78, 5) is 2.64. The molecule has 1 N–H and O–H groups in total. The Kier molecular flexibility index (Phi) is 4.34. The lowest BCUT2D eigenvalue weighted by Gasteiger charge is -2.25. The van der Waals surface area contributed by atoms with Crippen LogP contribution in [-0.2, 0) is 6.54 Å². The van der Waals surface area contributed by atoms with Crippen molar-refractivity contribution in [2.75, 3.05) is 19.6 Å². The Bertz CT molecular complexity index is 559. The number of likely N-dealkylation sites (N-methyl/N-ethyl adjacent to an activating group) is 1. The minimum Gasteiger partial charge on any atom is -0.315 e. The van der Waals surface area contributed by atoms with Crippen LogP contribution in [0.5, 0.6) is 0 Å². The zero-order valence-electron chi connectivity index (χ0n) is 12.3. The molecule has 2 aromatic rings. The van der Waals surface area contributed by atoms with Gasteiger partial charge >= 0.3 is 0 Å². The number of rotatable bonds is 5. The van der Waals surface area contributed by atoms with E-state index in [1.807, 2.05) is 0 Å². The summed E-state index contributed by atoms with van der Waals surface area (Å²) in [6, 6.07) is 16.1. The van der Waals surface area contributed by atoms with Gasteiger partial charge in [-0.3, -0.25) is 4.90 Å². The van der Waals surface area contributed by atoms with Crippen LogP contribution in [0.2, 0.25) is 0 Å². The summed E-state index contributed by atoms with van der Waals surface area (Å²) in [5.41, 5.74) is 1.46. The van der Waals surface area contributed by atoms with Gasteiger partial charge in [-0.15, -0.1) is 0 Å². The van der Waals surface area contributed by atoms with Crippen molar-refractivity contribution in [2.24, 2.45) is 0 Å². The van der Waals surface area contributed by atoms with E-state index < -0.39 is 0 Å². The number of hydrogen-bond donors (Lipinski definition) is 1. The van der Waals surface area contributed by atoms with Gasteiger partial charge in [0.1, 0.15) is 0 Å². The van der Waals surface area contributed by atoms with Gasteiger partial charge in [0.25, 0.3) is 0 Å². The second-order valence-corrected chi connectivity index (χ2v) is 5.71. The molecule has 2 aromatic carbocycles. The molecule has 2 heteroatoms. The fraction of sp³-hybridized carbons (Fsp3) is 0.444. The third-order valence-corrected chi connectivity index (χ3v) is 4.38. The van der Waals surface area contributed by atoms with E-state index in [1.165, 1.54) is 35.7 Å². The molecular formula is C18H24N2. The first-order valence-corrected chi connectivity index (χ1v) is 7.80. The van der Waals surface area contributed by atoms with Crippen molar-refractivity contribution in [3.05, 3.63) is 48.0 Å². The predicted octanol–water partition coefficient (Wildman–Crippen LogP) is 3.41. The van der Waals surface area contributed by atoms with E-state index in [9.17, 15) is 0 Å². The molecule has 1 heterocycles. The fourth-order valence-electron chi connectivity index (χ4n) is 3.29. The topological polar surface area (TPSA) is 15.3 Å². The summed E-state index contributed by atoms with van der Waals surface area (Å²) in [5.74, 6) is 0. The average Bonchev–Trinajstić information content (AvgIpc) is 2.93. The third kappa shape index (κ3) is 2.87. The number of likely N-dealkylation sites (tertiary alicyclic amines) is 1. The van der Waals surface area contributed by atoms with Crippen molar-refractivity contribution in [3.63, 3.8) is 0 Å². The Morgan fingerprint density at radius 3 is 2.90 bits per heavy atom. The zero-order valence-corrected chi connectivity index (χ0v) is 12.3.